The summed E-state index contributed by atoms with van der Waals surface area (Å²) in [6.45, 7) is 6.26. The number of esters is 1. The molecular weight excluding hydrogens is 445 g/mol. The number of allylic oxidation sites excluding steroid dienone is 4. The third-order valence-corrected chi connectivity index (χ3v) is 9.06. The molecule has 0 heterocycles. The molecule has 4 nitrogen and oxygen atoms in total. The predicted octanol–water partition coefficient (Wildman–Crippen LogP) is 4.61. The Balaban J connectivity index is 1.78. The Kier molecular flexibility index (Phi) is 6.29. The molecule has 0 bridgehead atoms. The molecule has 4 aliphatic rings. The molecule has 0 saturated heterocycles. The maximum atomic E-state index is 17.4. The molecular formula is C27H33F3O4. The lowest BCUT2D eigenvalue weighted by atomic mass is 9.45. The lowest BCUT2D eigenvalue weighted by Crippen LogP contribution is -2.68. The topological polar surface area (TPSA) is 63.6 Å². The molecule has 34 heavy (non-hydrogen) atoms. The number of hydrogen-bond donors (Lipinski definition) is 1. The second-order valence-corrected chi connectivity index (χ2v) is 10.9. The van der Waals surface area contributed by atoms with Gasteiger partial charge in [0.15, 0.2) is 11.5 Å². The first kappa shape index (κ1) is 25.0. The lowest BCUT2D eigenvalue weighted by Gasteiger charge is -2.62. The van der Waals surface area contributed by atoms with Crippen molar-refractivity contribution in [3.8, 4) is 11.8 Å². The van der Waals surface area contributed by atoms with E-state index in [-0.39, 0.29) is 54.6 Å². The van der Waals surface area contributed by atoms with Gasteiger partial charge in [-0.1, -0.05) is 38.7 Å². The Morgan fingerprint density at radius 3 is 2.62 bits per heavy atom. The van der Waals surface area contributed by atoms with Crippen molar-refractivity contribution in [2.45, 2.75) is 83.8 Å². The smallest absolute Gasteiger partial charge is 0.305 e. The highest BCUT2D eigenvalue weighted by Gasteiger charge is 2.73. The maximum Gasteiger partial charge on any atom is 0.305 e. The Bertz CT molecular complexity index is 1010. The van der Waals surface area contributed by atoms with Gasteiger partial charge in [0.05, 0.1) is 6.10 Å². The minimum Gasteiger partial charge on any atom is -0.461 e. The number of ketones is 1. The number of halogens is 3. The van der Waals surface area contributed by atoms with E-state index in [0.717, 1.165) is 6.08 Å². The van der Waals surface area contributed by atoms with Gasteiger partial charge in [0.25, 0.3) is 0 Å². The summed E-state index contributed by atoms with van der Waals surface area (Å²) >= 11 is 0. The van der Waals surface area contributed by atoms with Crippen LogP contribution in [0.5, 0.6) is 0 Å². The molecule has 0 aliphatic heterocycles. The van der Waals surface area contributed by atoms with Gasteiger partial charge in [-0.3, -0.25) is 9.59 Å². The number of ether oxygens (including phenoxy) is 1. The first-order valence-electron chi connectivity index (χ1n) is 12.1. The SMILES string of the molecule is CCC(=O)O[C@H]1[C@H](C)C[C@H]2[C@@H]3C[C@H](F)C4=CC(=O)C(CC#CCF)=C[C@]4(C)[C@@]3(F)[C@@H](O)C[C@@]21C. The zero-order chi connectivity index (χ0) is 25.1. The summed E-state index contributed by atoms with van der Waals surface area (Å²) in [6, 6.07) is 0. The number of rotatable bonds is 3. The van der Waals surface area contributed by atoms with Crippen LogP contribution in [0, 0.1) is 40.4 Å². The molecule has 186 valence electrons. The average molecular weight is 479 g/mol. The van der Waals surface area contributed by atoms with Crippen molar-refractivity contribution in [2.75, 3.05) is 6.67 Å². The molecule has 0 aromatic heterocycles. The van der Waals surface area contributed by atoms with Gasteiger partial charge >= 0.3 is 5.97 Å². The molecule has 0 radical (unpaired) electrons. The molecule has 0 aromatic rings. The standard InChI is InChI=1S/C27H33F3O4/c1-5-23(33)34-24-15(2)10-17-18-11-20(29)19-12-21(31)16(8-6-7-9-28)13-26(19,4)27(18,30)22(32)14-25(17,24)3/h12-13,15,17-18,20,22,24,32H,5,8-11,14H2,1-4H3/t15-,17+,18+,20+,22+,24+,25+,26+,27+/m1/s1. The van der Waals surface area contributed by atoms with E-state index in [1.54, 1.807) is 13.8 Å². The molecule has 9 atom stereocenters. The van der Waals surface area contributed by atoms with Gasteiger partial charge in [-0.15, -0.1) is 0 Å². The summed E-state index contributed by atoms with van der Waals surface area (Å²) < 4.78 is 51.2. The van der Waals surface area contributed by atoms with Crippen molar-refractivity contribution in [1.82, 2.24) is 0 Å². The van der Waals surface area contributed by atoms with Crippen molar-refractivity contribution in [2.24, 2.45) is 28.6 Å². The van der Waals surface area contributed by atoms with Crippen molar-refractivity contribution >= 4 is 11.8 Å². The van der Waals surface area contributed by atoms with E-state index in [9.17, 15) is 19.1 Å². The molecule has 3 saturated carbocycles. The number of aliphatic hydroxyl groups is 1. The van der Waals surface area contributed by atoms with Crippen LogP contribution in [-0.4, -0.2) is 47.6 Å². The number of aliphatic hydroxyl groups excluding tert-OH is 1. The molecule has 0 amide bonds. The molecule has 4 aliphatic carbocycles. The predicted molar refractivity (Wildman–Crippen MR) is 121 cm³/mol. The minimum absolute atomic E-state index is 0.0427. The average Bonchev–Trinajstić information content (AvgIpc) is 3.02. The molecule has 0 unspecified atom stereocenters. The largest absolute Gasteiger partial charge is 0.461 e. The summed E-state index contributed by atoms with van der Waals surface area (Å²) in [5.41, 5.74) is -4.22. The van der Waals surface area contributed by atoms with Gasteiger partial charge in [-0.25, -0.2) is 13.2 Å². The van der Waals surface area contributed by atoms with E-state index >= 15 is 8.78 Å². The number of carbonyl (C=O) groups is 2. The highest BCUT2D eigenvalue weighted by Crippen LogP contribution is 2.69. The van der Waals surface area contributed by atoms with E-state index in [1.807, 2.05) is 13.8 Å². The quantitative estimate of drug-likeness (QED) is 0.476. The zero-order valence-corrected chi connectivity index (χ0v) is 20.2. The summed E-state index contributed by atoms with van der Waals surface area (Å²) in [5, 5.41) is 11.4. The fourth-order valence-corrected chi connectivity index (χ4v) is 7.52. The van der Waals surface area contributed by atoms with Crippen LogP contribution < -0.4 is 0 Å². The summed E-state index contributed by atoms with van der Waals surface area (Å²) in [4.78, 5) is 24.7. The van der Waals surface area contributed by atoms with Crippen LogP contribution in [0.2, 0.25) is 0 Å². The lowest BCUT2D eigenvalue weighted by molar-refractivity contribution is -0.212. The summed E-state index contributed by atoms with van der Waals surface area (Å²) in [5.74, 6) is 2.84. The van der Waals surface area contributed by atoms with E-state index in [1.165, 1.54) is 6.08 Å². The van der Waals surface area contributed by atoms with Crippen molar-refractivity contribution in [3.05, 3.63) is 23.3 Å². The van der Waals surface area contributed by atoms with E-state index in [4.69, 9.17) is 4.74 Å². The van der Waals surface area contributed by atoms with Crippen LogP contribution in [0.15, 0.2) is 23.3 Å². The van der Waals surface area contributed by atoms with Crippen LogP contribution in [0.3, 0.4) is 0 Å². The first-order valence-corrected chi connectivity index (χ1v) is 12.1. The van der Waals surface area contributed by atoms with Crippen LogP contribution in [0.4, 0.5) is 13.2 Å². The number of carbonyl (C=O) groups excluding carboxylic acids is 2. The second kappa shape index (κ2) is 8.55. The number of fused-ring (bicyclic) bond motifs is 5. The van der Waals surface area contributed by atoms with Gasteiger partial charge in [-0.2, -0.15) is 0 Å². The maximum absolute atomic E-state index is 17.4. The number of hydrogen-bond acceptors (Lipinski definition) is 4. The van der Waals surface area contributed by atoms with Gasteiger partial charge in [-0.05, 0) is 49.7 Å². The van der Waals surface area contributed by atoms with E-state index < -0.39 is 53.3 Å². The summed E-state index contributed by atoms with van der Waals surface area (Å²) in [7, 11) is 0. The normalized spacial score (nSPS) is 45.1. The van der Waals surface area contributed by atoms with Crippen molar-refractivity contribution in [3.63, 3.8) is 0 Å². The Hall–Kier alpha value is -2.07. The van der Waals surface area contributed by atoms with Gasteiger partial charge in [0.2, 0.25) is 0 Å². The number of alkyl halides is 3. The third kappa shape index (κ3) is 3.39. The second-order valence-electron chi connectivity index (χ2n) is 10.9. The van der Waals surface area contributed by atoms with Crippen molar-refractivity contribution in [1.29, 1.82) is 0 Å². The van der Waals surface area contributed by atoms with Crippen LogP contribution in [-0.2, 0) is 14.3 Å². The highest BCUT2D eigenvalue weighted by molar-refractivity contribution is 6.06. The first-order chi connectivity index (χ1) is 15.9. The van der Waals surface area contributed by atoms with Gasteiger partial charge in [0.1, 0.15) is 19.0 Å². The molecule has 0 aromatic carbocycles. The molecule has 3 fully saturated rings. The van der Waals surface area contributed by atoms with Crippen LogP contribution in [0.25, 0.3) is 0 Å². The molecule has 0 spiro atoms. The van der Waals surface area contributed by atoms with Gasteiger partial charge < -0.3 is 9.84 Å². The minimum atomic E-state index is -2.21. The van der Waals surface area contributed by atoms with E-state index in [2.05, 4.69) is 11.8 Å². The van der Waals surface area contributed by atoms with E-state index in [0.29, 0.717) is 6.42 Å². The fraction of sp³-hybridized carbons (Fsp3) is 0.704. The zero-order valence-electron chi connectivity index (χ0n) is 20.2. The molecule has 7 heteroatoms. The highest BCUT2D eigenvalue weighted by atomic mass is 19.1. The van der Waals surface area contributed by atoms with Gasteiger partial charge in [0, 0.05) is 35.2 Å². The Labute approximate surface area is 199 Å². The molecule has 1 N–H and O–H groups in total. The van der Waals surface area contributed by atoms with Crippen LogP contribution >= 0.6 is 0 Å². The van der Waals surface area contributed by atoms with Crippen LogP contribution in [0.1, 0.15) is 59.8 Å². The fourth-order valence-electron chi connectivity index (χ4n) is 7.52. The Morgan fingerprint density at radius 2 is 1.97 bits per heavy atom. The monoisotopic (exact) mass is 478 g/mol. The third-order valence-electron chi connectivity index (χ3n) is 9.06. The molecule has 4 rings (SSSR count). The Morgan fingerprint density at radius 1 is 1.26 bits per heavy atom. The summed E-state index contributed by atoms with van der Waals surface area (Å²) in [6.07, 6.45) is -0.271. The van der Waals surface area contributed by atoms with Crippen molar-refractivity contribution < 1.29 is 32.6 Å².